The molecule has 0 aromatic rings. The fourth-order valence-electron chi connectivity index (χ4n) is 1.69. The Balaban J connectivity index is 4.20. The molecule has 5 N–H and O–H groups in total. The minimum absolute atomic E-state index is 0.0609. The Bertz CT molecular complexity index is 281. The molecule has 0 aliphatic carbocycles. The number of carboxylic acid groups (broad SMARTS) is 1. The van der Waals surface area contributed by atoms with Gasteiger partial charge in [0.05, 0.1) is 0 Å². The lowest BCUT2D eigenvalue weighted by Gasteiger charge is -2.20. The van der Waals surface area contributed by atoms with Crippen molar-refractivity contribution >= 4 is 11.9 Å². The molecule has 6 heteroatoms. The lowest BCUT2D eigenvalue weighted by molar-refractivity contribution is -0.154. The Morgan fingerprint density at radius 2 is 1.83 bits per heavy atom. The van der Waals surface area contributed by atoms with Crippen molar-refractivity contribution in [2.24, 2.45) is 23.3 Å². The number of hydrogen-bond donors (Lipinski definition) is 3. The van der Waals surface area contributed by atoms with Crippen LogP contribution in [0.3, 0.4) is 0 Å². The third-order valence-corrected chi connectivity index (χ3v) is 2.70. The van der Waals surface area contributed by atoms with Crippen molar-refractivity contribution < 1.29 is 19.4 Å². The monoisotopic (exact) mass is 260 g/mol. The highest BCUT2D eigenvalue weighted by molar-refractivity contribution is 5.75. The third kappa shape index (κ3) is 6.56. The summed E-state index contributed by atoms with van der Waals surface area (Å²) in [4.78, 5) is 22.2. The van der Waals surface area contributed by atoms with Gasteiger partial charge >= 0.3 is 11.9 Å². The maximum Gasteiger partial charge on any atom is 0.324 e. The zero-order chi connectivity index (χ0) is 14.3. The van der Waals surface area contributed by atoms with Gasteiger partial charge in [0.2, 0.25) is 0 Å². The molecule has 0 rings (SSSR count). The second-order valence-electron chi connectivity index (χ2n) is 4.99. The maximum absolute atomic E-state index is 11.6. The summed E-state index contributed by atoms with van der Waals surface area (Å²) in [6.07, 6.45) is 0.198. The molecule has 0 fully saturated rings. The summed E-state index contributed by atoms with van der Waals surface area (Å²) in [5.41, 5.74) is 10.9. The highest BCUT2D eigenvalue weighted by Crippen LogP contribution is 2.15. The minimum Gasteiger partial charge on any atom is -0.480 e. The first kappa shape index (κ1) is 16.9. The number of esters is 1. The Labute approximate surface area is 108 Å². The number of carboxylic acids is 1. The first-order chi connectivity index (χ1) is 8.27. The molecule has 0 saturated heterocycles. The van der Waals surface area contributed by atoms with E-state index in [2.05, 4.69) is 13.8 Å². The molecular weight excluding hydrogens is 236 g/mol. The van der Waals surface area contributed by atoms with Crippen LogP contribution in [0.15, 0.2) is 0 Å². The van der Waals surface area contributed by atoms with Crippen molar-refractivity contribution in [2.45, 2.75) is 45.8 Å². The van der Waals surface area contributed by atoms with E-state index in [9.17, 15) is 9.59 Å². The molecule has 3 atom stereocenters. The summed E-state index contributed by atoms with van der Waals surface area (Å²) in [5.74, 6) is -1.13. The van der Waals surface area contributed by atoms with Crippen LogP contribution >= 0.6 is 0 Å². The van der Waals surface area contributed by atoms with Gasteiger partial charge in [-0.25, -0.2) is 0 Å². The molecule has 0 saturated carbocycles. The maximum atomic E-state index is 11.6. The summed E-state index contributed by atoms with van der Waals surface area (Å²) in [6.45, 7) is 5.98. The fourth-order valence-corrected chi connectivity index (χ4v) is 1.69. The van der Waals surface area contributed by atoms with Gasteiger partial charge in [-0.3, -0.25) is 9.59 Å². The second kappa shape index (κ2) is 8.05. The number of ether oxygens (including phenoxy) is 1. The van der Waals surface area contributed by atoms with Gasteiger partial charge in [-0.2, -0.15) is 0 Å². The quantitative estimate of drug-likeness (QED) is 0.542. The predicted molar refractivity (Wildman–Crippen MR) is 67.8 cm³/mol. The molecule has 0 amide bonds. The molecule has 0 radical (unpaired) electrons. The van der Waals surface area contributed by atoms with Gasteiger partial charge < -0.3 is 21.3 Å². The zero-order valence-corrected chi connectivity index (χ0v) is 11.3. The van der Waals surface area contributed by atoms with E-state index < -0.39 is 24.1 Å². The fraction of sp³-hybridized carbons (Fsp3) is 0.833. The number of carbonyl (C=O) groups excluding carboxylic acids is 1. The standard InChI is InChI=1S/C12H24N2O4/c1-7(2)4-9(6-13)5-10(15)18-8(3)11(14)12(16)17/h7-9,11H,4-6,13-14H2,1-3H3,(H,16,17)/t8-,9+,11+/m1/s1. The van der Waals surface area contributed by atoms with Crippen molar-refractivity contribution in [2.75, 3.05) is 6.54 Å². The van der Waals surface area contributed by atoms with Crippen molar-refractivity contribution in [3.8, 4) is 0 Å². The molecule has 0 aromatic carbocycles. The van der Waals surface area contributed by atoms with Gasteiger partial charge in [-0.15, -0.1) is 0 Å². The van der Waals surface area contributed by atoms with E-state index >= 15 is 0 Å². The number of carbonyl (C=O) groups is 2. The number of aliphatic carboxylic acids is 1. The summed E-state index contributed by atoms with van der Waals surface area (Å²) in [7, 11) is 0. The van der Waals surface area contributed by atoms with Gasteiger partial charge in [-0.1, -0.05) is 13.8 Å². The lowest BCUT2D eigenvalue weighted by atomic mass is 9.94. The normalized spacial score (nSPS) is 16.1. The highest BCUT2D eigenvalue weighted by Gasteiger charge is 2.24. The van der Waals surface area contributed by atoms with E-state index in [1.165, 1.54) is 6.92 Å². The Morgan fingerprint density at radius 1 is 1.28 bits per heavy atom. The SMILES string of the molecule is CC(C)C[C@H](CN)CC(=O)O[C@H](C)[C@H](N)C(=O)O. The van der Waals surface area contributed by atoms with Crippen molar-refractivity contribution in [1.82, 2.24) is 0 Å². The topological polar surface area (TPSA) is 116 Å². The average Bonchev–Trinajstić information content (AvgIpc) is 2.25. The van der Waals surface area contributed by atoms with Crippen LogP contribution in [0.1, 0.15) is 33.6 Å². The summed E-state index contributed by atoms with van der Waals surface area (Å²) < 4.78 is 4.99. The Morgan fingerprint density at radius 3 is 2.22 bits per heavy atom. The molecule has 0 bridgehead atoms. The van der Waals surface area contributed by atoms with Gasteiger partial charge in [0.15, 0.2) is 0 Å². The molecule has 0 spiro atoms. The average molecular weight is 260 g/mol. The Kier molecular flexibility index (Phi) is 7.54. The highest BCUT2D eigenvalue weighted by atomic mass is 16.5. The predicted octanol–water partition coefficient (Wildman–Crippen LogP) is 0.341. The number of nitrogens with two attached hydrogens (primary N) is 2. The molecule has 106 valence electrons. The molecule has 18 heavy (non-hydrogen) atoms. The minimum atomic E-state index is -1.20. The van der Waals surface area contributed by atoms with Crippen molar-refractivity contribution in [3.05, 3.63) is 0 Å². The van der Waals surface area contributed by atoms with Crippen LogP contribution in [0.4, 0.5) is 0 Å². The van der Waals surface area contributed by atoms with E-state index in [0.717, 1.165) is 6.42 Å². The first-order valence-corrected chi connectivity index (χ1v) is 6.15. The molecule has 0 heterocycles. The summed E-state index contributed by atoms with van der Waals surface area (Å²) >= 11 is 0. The Hall–Kier alpha value is -1.14. The van der Waals surface area contributed by atoms with Gasteiger partial charge in [0.1, 0.15) is 12.1 Å². The van der Waals surface area contributed by atoms with Crippen LogP contribution in [0, 0.1) is 11.8 Å². The summed E-state index contributed by atoms with van der Waals surface area (Å²) in [6, 6.07) is -1.20. The van der Waals surface area contributed by atoms with Crippen molar-refractivity contribution in [1.29, 1.82) is 0 Å². The van der Waals surface area contributed by atoms with Crippen LogP contribution in [-0.4, -0.2) is 35.7 Å². The van der Waals surface area contributed by atoms with Gasteiger partial charge in [0, 0.05) is 6.42 Å². The van der Waals surface area contributed by atoms with E-state index in [4.69, 9.17) is 21.3 Å². The zero-order valence-electron chi connectivity index (χ0n) is 11.3. The van der Waals surface area contributed by atoms with Crippen LogP contribution in [0.5, 0.6) is 0 Å². The van der Waals surface area contributed by atoms with Gasteiger partial charge in [0.25, 0.3) is 0 Å². The van der Waals surface area contributed by atoms with Crippen LogP contribution < -0.4 is 11.5 Å². The van der Waals surface area contributed by atoms with E-state index in [1.54, 1.807) is 0 Å². The second-order valence-corrected chi connectivity index (χ2v) is 4.99. The van der Waals surface area contributed by atoms with Crippen LogP contribution in [0.2, 0.25) is 0 Å². The van der Waals surface area contributed by atoms with E-state index in [1.807, 2.05) is 0 Å². The molecule has 0 unspecified atom stereocenters. The summed E-state index contributed by atoms with van der Waals surface area (Å²) in [5, 5.41) is 8.68. The third-order valence-electron chi connectivity index (χ3n) is 2.70. The molecule has 6 nitrogen and oxygen atoms in total. The first-order valence-electron chi connectivity index (χ1n) is 6.15. The lowest BCUT2D eigenvalue weighted by Crippen LogP contribution is -2.42. The van der Waals surface area contributed by atoms with Gasteiger partial charge in [-0.05, 0) is 31.7 Å². The van der Waals surface area contributed by atoms with E-state index in [0.29, 0.717) is 12.5 Å². The largest absolute Gasteiger partial charge is 0.480 e. The molecular formula is C12H24N2O4. The molecule has 0 aliphatic rings. The molecule has 0 aromatic heterocycles. The van der Waals surface area contributed by atoms with Crippen LogP contribution in [-0.2, 0) is 14.3 Å². The van der Waals surface area contributed by atoms with E-state index in [-0.39, 0.29) is 12.3 Å². The number of hydrogen-bond acceptors (Lipinski definition) is 5. The van der Waals surface area contributed by atoms with Crippen molar-refractivity contribution in [3.63, 3.8) is 0 Å². The smallest absolute Gasteiger partial charge is 0.324 e. The van der Waals surface area contributed by atoms with Crippen LogP contribution in [0.25, 0.3) is 0 Å². The molecule has 0 aliphatic heterocycles. The number of rotatable bonds is 8.